The molecular weight excluding hydrogens is 384 g/mol. The van der Waals surface area contributed by atoms with Crippen LogP contribution in [0.2, 0.25) is 0 Å². The van der Waals surface area contributed by atoms with E-state index in [1.165, 1.54) is 24.4 Å². The van der Waals surface area contributed by atoms with Gasteiger partial charge in [-0.05, 0) is 12.0 Å². The summed E-state index contributed by atoms with van der Waals surface area (Å²) in [6.45, 7) is -0.219. The van der Waals surface area contributed by atoms with Gasteiger partial charge in [-0.1, -0.05) is 42.5 Å². The molecule has 1 N–H and O–H groups in total. The molecule has 0 fully saturated rings. The summed E-state index contributed by atoms with van der Waals surface area (Å²) in [5, 5.41) is 14.5. The van der Waals surface area contributed by atoms with Gasteiger partial charge in [-0.2, -0.15) is 9.41 Å². The van der Waals surface area contributed by atoms with E-state index in [0.29, 0.717) is 12.0 Å². The third kappa shape index (κ3) is 6.89. The highest BCUT2D eigenvalue weighted by molar-refractivity contribution is 7.88. The Morgan fingerprint density at radius 1 is 1.21 bits per heavy atom. The lowest BCUT2D eigenvalue weighted by atomic mass is 10.1. The number of nitrogens with one attached hydrogen (secondary N) is 1. The van der Waals surface area contributed by atoms with Crippen LogP contribution in [0.5, 0.6) is 0 Å². The molecule has 2 aromatic carbocycles. The maximum Gasteiger partial charge on any atom is 0.270 e. The van der Waals surface area contributed by atoms with Crippen molar-refractivity contribution in [2.45, 2.75) is 6.42 Å². The van der Waals surface area contributed by atoms with E-state index in [1.807, 2.05) is 30.3 Å². The van der Waals surface area contributed by atoms with E-state index in [-0.39, 0.29) is 18.8 Å². The molecule has 0 spiro atoms. The summed E-state index contributed by atoms with van der Waals surface area (Å²) in [6, 6.07) is 15.1. The summed E-state index contributed by atoms with van der Waals surface area (Å²) in [6.07, 6.45) is 2.76. The van der Waals surface area contributed by atoms with E-state index < -0.39 is 20.9 Å². The Kier molecular flexibility index (Phi) is 7.36. The smallest absolute Gasteiger partial charge is 0.270 e. The van der Waals surface area contributed by atoms with Gasteiger partial charge in [-0.15, -0.1) is 0 Å². The molecule has 0 aliphatic heterocycles. The number of sulfonamides is 1. The number of hydrogen-bond acceptors (Lipinski definition) is 6. The Bertz CT molecular complexity index is 961. The van der Waals surface area contributed by atoms with Crippen molar-refractivity contribution in [1.82, 2.24) is 9.73 Å². The molecule has 10 heteroatoms. The number of nitro benzene ring substituents is 1. The molecule has 0 aliphatic rings. The zero-order valence-electron chi connectivity index (χ0n) is 15.2. The first-order valence-electron chi connectivity index (χ1n) is 8.31. The lowest BCUT2D eigenvalue weighted by Gasteiger charge is -2.18. The molecule has 28 heavy (non-hydrogen) atoms. The predicted molar refractivity (Wildman–Crippen MR) is 105 cm³/mol. The minimum absolute atomic E-state index is 0.0977. The predicted octanol–water partition coefficient (Wildman–Crippen LogP) is 1.55. The van der Waals surface area contributed by atoms with Gasteiger partial charge in [0.15, 0.2) is 0 Å². The summed E-state index contributed by atoms with van der Waals surface area (Å²) in [4.78, 5) is 22.2. The third-order valence-electron chi connectivity index (χ3n) is 3.77. The summed E-state index contributed by atoms with van der Waals surface area (Å²) < 4.78 is 24.9. The van der Waals surface area contributed by atoms with Crippen LogP contribution in [0.4, 0.5) is 5.69 Å². The van der Waals surface area contributed by atoms with Crippen LogP contribution < -0.4 is 5.43 Å². The van der Waals surface area contributed by atoms with Crippen LogP contribution in [0.1, 0.15) is 11.1 Å². The second kappa shape index (κ2) is 9.72. The van der Waals surface area contributed by atoms with Crippen molar-refractivity contribution in [3.05, 3.63) is 75.8 Å². The molecule has 0 heterocycles. The normalized spacial score (nSPS) is 11.6. The van der Waals surface area contributed by atoms with Gasteiger partial charge in [0, 0.05) is 24.2 Å². The van der Waals surface area contributed by atoms with E-state index in [0.717, 1.165) is 16.1 Å². The molecule has 0 bridgehead atoms. The lowest BCUT2D eigenvalue weighted by Crippen LogP contribution is -2.40. The molecule has 2 rings (SSSR count). The van der Waals surface area contributed by atoms with Gasteiger partial charge in [-0.25, -0.2) is 13.8 Å². The second-order valence-electron chi connectivity index (χ2n) is 5.98. The zero-order valence-corrected chi connectivity index (χ0v) is 16.0. The number of nitrogens with zero attached hydrogens (tertiary/aromatic N) is 3. The topological polar surface area (TPSA) is 122 Å². The molecule has 148 valence electrons. The standard InChI is InChI=1S/C18H20N4O5S/c1-28(26,27)21(11-10-15-6-3-2-4-7-15)14-18(23)20-19-13-16-8-5-9-17(12-16)22(24)25/h2-9,12-13H,10-11,14H2,1H3,(H,20,23). The van der Waals surface area contributed by atoms with E-state index >= 15 is 0 Å². The average Bonchev–Trinajstić information content (AvgIpc) is 2.65. The highest BCUT2D eigenvalue weighted by atomic mass is 32.2. The third-order valence-corrected chi connectivity index (χ3v) is 5.02. The first-order chi connectivity index (χ1) is 13.3. The zero-order chi connectivity index (χ0) is 20.6. The fraction of sp³-hybridized carbons (Fsp3) is 0.222. The second-order valence-corrected chi connectivity index (χ2v) is 7.96. The van der Waals surface area contributed by atoms with Crippen LogP contribution in [-0.2, 0) is 21.2 Å². The fourth-order valence-corrected chi connectivity index (χ4v) is 3.13. The van der Waals surface area contributed by atoms with Gasteiger partial charge in [0.1, 0.15) is 0 Å². The van der Waals surface area contributed by atoms with E-state index in [1.54, 1.807) is 6.07 Å². The van der Waals surface area contributed by atoms with Crippen molar-refractivity contribution >= 4 is 27.8 Å². The molecule has 1 amide bonds. The molecule has 0 atom stereocenters. The summed E-state index contributed by atoms with van der Waals surface area (Å²) in [5.74, 6) is -0.611. The monoisotopic (exact) mass is 404 g/mol. The van der Waals surface area contributed by atoms with Gasteiger partial charge >= 0.3 is 0 Å². The van der Waals surface area contributed by atoms with Crippen LogP contribution in [-0.4, -0.2) is 49.1 Å². The Hall–Kier alpha value is -3.11. The van der Waals surface area contributed by atoms with Gasteiger partial charge in [0.2, 0.25) is 10.0 Å². The van der Waals surface area contributed by atoms with Crippen molar-refractivity contribution < 1.29 is 18.1 Å². The van der Waals surface area contributed by atoms with Crippen LogP contribution >= 0.6 is 0 Å². The van der Waals surface area contributed by atoms with Crippen LogP contribution in [0.25, 0.3) is 0 Å². The molecule has 0 saturated heterocycles. The summed E-state index contributed by atoms with van der Waals surface area (Å²) >= 11 is 0. The highest BCUT2D eigenvalue weighted by Crippen LogP contribution is 2.11. The number of amides is 1. The van der Waals surface area contributed by atoms with Gasteiger partial charge in [-0.3, -0.25) is 14.9 Å². The van der Waals surface area contributed by atoms with Crippen molar-refractivity contribution in [2.24, 2.45) is 5.10 Å². The first-order valence-corrected chi connectivity index (χ1v) is 10.2. The summed E-state index contributed by atoms with van der Waals surface area (Å²) in [7, 11) is -3.58. The number of hydrazone groups is 1. The van der Waals surface area contributed by atoms with Crippen LogP contribution in [0, 0.1) is 10.1 Å². The molecule has 0 radical (unpaired) electrons. The van der Waals surface area contributed by atoms with Gasteiger partial charge in [0.25, 0.3) is 11.6 Å². The number of carbonyl (C=O) groups is 1. The highest BCUT2D eigenvalue weighted by Gasteiger charge is 2.19. The fourth-order valence-electron chi connectivity index (χ4n) is 2.35. The molecule has 0 aromatic heterocycles. The van der Waals surface area contributed by atoms with E-state index in [2.05, 4.69) is 10.5 Å². The van der Waals surface area contributed by atoms with Crippen molar-refractivity contribution in [3.63, 3.8) is 0 Å². The van der Waals surface area contributed by atoms with Gasteiger partial charge in [0.05, 0.1) is 23.9 Å². The van der Waals surface area contributed by atoms with Gasteiger partial charge < -0.3 is 0 Å². The minimum Gasteiger partial charge on any atom is -0.272 e. The van der Waals surface area contributed by atoms with Crippen molar-refractivity contribution in [2.75, 3.05) is 19.3 Å². The largest absolute Gasteiger partial charge is 0.272 e. The quantitative estimate of drug-likeness (QED) is 0.386. The number of benzene rings is 2. The molecule has 9 nitrogen and oxygen atoms in total. The number of nitro groups is 1. The number of hydrogen-bond donors (Lipinski definition) is 1. The number of rotatable bonds is 9. The maximum absolute atomic E-state index is 12.0. The molecule has 0 saturated carbocycles. The molecular formula is C18H20N4O5S. The Morgan fingerprint density at radius 2 is 1.93 bits per heavy atom. The van der Waals surface area contributed by atoms with Crippen LogP contribution in [0.3, 0.4) is 0 Å². The molecule has 2 aromatic rings. The van der Waals surface area contributed by atoms with Crippen molar-refractivity contribution in [3.8, 4) is 0 Å². The molecule has 0 unspecified atom stereocenters. The maximum atomic E-state index is 12.0. The number of carbonyl (C=O) groups excluding carboxylic acids is 1. The minimum atomic E-state index is -3.58. The lowest BCUT2D eigenvalue weighted by molar-refractivity contribution is -0.384. The Labute approximate surface area is 162 Å². The molecule has 0 aliphatic carbocycles. The SMILES string of the molecule is CS(=O)(=O)N(CCc1ccccc1)CC(=O)NN=Cc1cccc([N+](=O)[O-])c1. The Balaban J connectivity index is 1.94. The Morgan fingerprint density at radius 3 is 2.57 bits per heavy atom. The van der Waals surface area contributed by atoms with E-state index in [4.69, 9.17) is 0 Å². The first kappa shape index (κ1) is 21.2. The van der Waals surface area contributed by atoms with Crippen molar-refractivity contribution in [1.29, 1.82) is 0 Å². The van der Waals surface area contributed by atoms with Crippen LogP contribution in [0.15, 0.2) is 59.7 Å². The van der Waals surface area contributed by atoms with E-state index in [9.17, 15) is 23.3 Å². The number of non-ortho nitro benzene ring substituents is 1. The average molecular weight is 404 g/mol. The summed E-state index contributed by atoms with van der Waals surface area (Å²) in [5.41, 5.74) is 3.53.